The van der Waals surface area contributed by atoms with Crippen LogP contribution in [0.3, 0.4) is 0 Å². The van der Waals surface area contributed by atoms with Crippen LogP contribution in [0.1, 0.15) is 18.1 Å². The van der Waals surface area contributed by atoms with E-state index in [0.717, 1.165) is 18.8 Å². The van der Waals surface area contributed by atoms with E-state index in [1.165, 1.54) is 11.1 Å². The van der Waals surface area contributed by atoms with Crippen molar-refractivity contribution < 1.29 is 4.74 Å². The molecule has 19 heavy (non-hydrogen) atoms. The molecule has 0 fully saturated rings. The van der Waals surface area contributed by atoms with Crippen LogP contribution in [-0.4, -0.2) is 23.5 Å². The highest BCUT2D eigenvalue weighted by atomic mass is 16.5. The molecular weight excluding hydrogens is 236 g/mol. The Bertz CT molecular complexity index is 499. The minimum absolute atomic E-state index is 0.703. The first kappa shape index (κ1) is 13.6. The molecule has 0 saturated heterocycles. The van der Waals surface area contributed by atoms with E-state index in [0.29, 0.717) is 6.61 Å². The molecule has 0 unspecified atom stereocenters. The molecule has 1 heterocycles. The summed E-state index contributed by atoms with van der Waals surface area (Å²) in [5, 5.41) is 0. The van der Waals surface area contributed by atoms with Crippen molar-refractivity contribution in [2.75, 3.05) is 13.7 Å². The highest BCUT2D eigenvalue weighted by Crippen LogP contribution is 2.15. The third-order valence-electron chi connectivity index (χ3n) is 2.84. The molecule has 1 aromatic heterocycles. The molecule has 0 atom stereocenters. The summed E-state index contributed by atoms with van der Waals surface area (Å²) in [4.78, 5) is 6.40. The minimum atomic E-state index is 0.703. The first-order valence-corrected chi connectivity index (χ1v) is 6.57. The molecule has 0 aliphatic carbocycles. The van der Waals surface area contributed by atoms with Gasteiger partial charge in [0, 0.05) is 25.5 Å². The Balaban J connectivity index is 1.95. The molecule has 0 aliphatic heterocycles. The van der Waals surface area contributed by atoms with Gasteiger partial charge in [-0.1, -0.05) is 18.2 Å². The Kier molecular flexibility index (Phi) is 4.93. The summed E-state index contributed by atoms with van der Waals surface area (Å²) >= 11 is 0. The summed E-state index contributed by atoms with van der Waals surface area (Å²) in [5.41, 5.74) is 2.49. The molecular formula is C16H20N2O. The summed E-state index contributed by atoms with van der Waals surface area (Å²) < 4.78 is 5.52. The molecule has 2 rings (SSSR count). The second kappa shape index (κ2) is 6.90. The highest BCUT2D eigenvalue weighted by molar-refractivity contribution is 5.28. The van der Waals surface area contributed by atoms with Crippen molar-refractivity contribution in [2.24, 2.45) is 0 Å². The number of hydrogen-bond acceptors (Lipinski definition) is 3. The SMILES string of the molecule is CCOc1cccc(CN(C)Cc2cccnc2)c1. The lowest BCUT2D eigenvalue weighted by Gasteiger charge is -2.17. The van der Waals surface area contributed by atoms with Gasteiger partial charge >= 0.3 is 0 Å². The predicted molar refractivity (Wildman–Crippen MR) is 77.0 cm³/mol. The fourth-order valence-corrected chi connectivity index (χ4v) is 2.07. The Labute approximate surface area is 114 Å². The normalized spacial score (nSPS) is 10.7. The van der Waals surface area contributed by atoms with Crippen molar-refractivity contribution >= 4 is 0 Å². The van der Waals surface area contributed by atoms with E-state index in [2.05, 4.69) is 35.1 Å². The average molecular weight is 256 g/mol. The number of pyridine rings is 1. The van der Waals surface area contributed by atoms with Crippen LogP contribution in [0.2, 0.25) is 0 Å². The average Bonchev–Trinajstić information content (AvgIpc) is 2.40. The zero-order chi connectivity index (χ0) is 13.5. The van der Waals surface area contributed by atoms with E-state index in [1.54, 1.807) is 6.20 Å². The summed E-state index contributed by atoms with van der Waals surface area (Å²) in [5.74, 6) is 0.940. The first-order valence-electron chi connectivity index (χ1n) is 6.57. The van der Waals surface area contributed by atoms with Crippen molar-refractivity contribution in [2.45, 2.75) is 20.0 Å². The fraction of sp³-hybridized carbons (Fsp3) is 0.312. The number of ether oxygens (including phenoxy) is 1. The van der Waals surface area contributed by atoms with E-state index in [1.807, 2.05) is 31.3 Å². The van der Waals surface area contributed by atoms with Gasteiger partial charge in [-0.25, -0.2) is 0 Å². The van der Waals surface area contributed by atoms with Crippen molar-refractivity contribution in [3.63, 3.8) is 0 Å². The number of nitrogens with zero attached hydrogens (tertiary/aromatic N) is 2. The molecule has 0 spiro atoms. The van der Waals surface area contributed by atoms with E-state index >= 15 is 0 Å². The monoisotopic (exact) mass is 256 g/mol. The molecule has 0 N–H and O–H groups in total. The first-order chi connectivity index (χ1) is 9.28. The van der Waals surface area contributed by atoms with E-state index in [9.17, 15) is 0 Å². The number of rotatable bonds is 6. The van der Waals surface area contributed by atoms with Crippen molar-refractivity contribution in [3.8, 4) is 5.75 Å². The molecule has 1 aromatic carbocycles. The van der Waals surface area contributed by atoms with Crippen LogP contribution in [0, 0.1) is 0 Å². The van der Waals surface area contributed by atoms with Gasteiger partial charge < -0.3 is 4.74 Å². The number of benzene rings is 1. The Morgan fingerprint density at radius 2 is 1.89 bits per heavy atom. The maximum absolute atomic E-state index is 5.52. The zero-order valence-corrected chi connectivity index (χ0v) is 11.5. The van der Waals surface area contributed by atoms with Crippen LogP contribution in [-0.2, 0) is 13.1 Å². The molecule has 0 saturated carbocycles. The summed E-state index contributed by atoms with van der Waals surface area (Å²) in [6, 6.07) is 12.3. The summed E-state index contributed by atoms with van der Waals surface area (Å²) in [7, 11) is 2.11. The van der Waals surface area contributed by atoms with Crippen LogP contribution in [0.5, 0.6) is 5.75 Å². The van der Waals surface area contributed by atoms with E-state index < -0.39 is 0 Å². The van der Waals surface area contributed by atoms with Gasteiger partial charge in [-0.05, 0) is 43.3 Å². The van der Waals surface area contributed by atoms with E-state index in [4.69, 9.17) is 4.74 Å². The smallest absolute Gasteiger partial charge is 0.119 e. The molecule has 100 valence electrons. The van der Waals surface area contributed by atoms with Gasteiger partial charge in [0.25, 0.3) is 0 Å². The van der Waals surface area contributed by atoms with Gasteiger partial charge in [0.15, 0.2) is 0 Å². The second-order valence-electron chi connectivity index (χ2n) is 4.61. The minimum Gasteiger partial charge on any atom is -0.494 e. The third kappa shape index (κ3) is 4.38. The fourth-order valence-electron chi connectivity index (χ4n) is 2.07. The van der Waals surface area contributed by atoms with Gasteiger partial charge in [0.05, 0.1) is 6.61 Å². The molecule has 0 aliphatic rings. The standard InChI is InChI=1S/C16H20N2O/c1-3-19-16-8-4-6-14(10-16)12-18(2)13-15-7-5-9-17-11-15/h4-11H,3,12-13H2,1-2H3. The largest absolute Gasteiger partial charge is 0.494 e. The molecule has 0 amide bonds. The second-order valence-corrected chi connectivity index (χ2v) is 4.61. The van der Waals surface area contributed by atoms with Gasteiger partial charge in [-0.3, -0.25) is 9.88 Å². The Morgan fingerprint density at radius 1 is 1.11 bits per heavy atom. The summed E-state index contributed by atoms with van der Waals surface area (Å²) in [6.07, 6.45) is 3.71. The Hall–Kier alpha value is -1.87. The third-order valence-corrected chi connectivity index (χ3v) is 2.84. The molecule has 3 nitrogen and oxygen atoms in total. The Morgan fingerprint density at radius 3 is 2.63 bits per heavy atom. The molecule has 2 aromatic rings. The summed E-state index contributed by atoms with van der Waals surface area (Å²) in [6.45, 7) is 4.50. The van der Waals surface area contributed by atoms with Crippen molar-refractivity contribution in [1.82, 2.24) is 9.88 Å². The number of hydrogen-bond donors (Lipinski definition) is 0. The van der Waals surface area contributed by atoms with Gasteiger partial charge in [0.1, 0.15) is 5.75 Å². The van der Waals surface area contributed by atoms with Crippen LogP contribution in [0.25, 0.3) is 0 Å². The van der Waals surface area contributed by atoms with Crippen LogP contribution >= 0.6 is 0 Å². The van der Waals surface area contributed by atoms with Gasteiger partial charge in [-0.2, -0.15) is 0 Å². The lowest BCUT2D eigenvalue weighted by molar-refractivity contribution is 0.315. The zero-order valence-electron chi connectivity index (χ0n) is 11.5. The quantitative estimate of drug-likeness (QED) is 0.794. The maximum atomic E-state index is 5.52. The highest BCUT2D eigenvalue weighted by Gasteiger charge is 2.03. The van der Waals surface area contributed by atoms with Crippen molar-refractivity contribution in [3.05, 3.63) is 59.9 Å². The lowest BCUT2D eigenvalue weighted by atomic mass is 10.2. The number of aromatic nitrogens is 1. The van der Waals surface area contributed by atoms with Crippen LogP contribution in [0.4, 0.5) is 0 Å². The maximum Gasteiger partial charge on any atom is 0.119 e. The topological polar surface area (TPSA) is 25.4 Å². The van der Waals surface area contributed by atoms with Crippen LogP contribution in [0.15, 0.2) is 48.8 Å². The lowest BCUT2D eigenvalue weighted by Crippen LogP contribution is -2.17. The van der Waals surface area contributed by atoms with Crippen LogP contribution < -0.4 is 4.74 Å². The predicted octanol–water partition coefficient (Wildman–Crippen LogP) is 3.11. The van der Waals surface area contributed by atoms with Crippen molar-refractivity contribution in [1.29, 1.82) is 0 Å². The van der Waals surface area contributed by atoms with Gasteiger partial charge in [-0.15, -0.1) is 0 Å². The van der Waals surface area contributed by atoms with E-state index in [-0.39, 0.29) is 0 Å². The molecule has 0 radical (unpaired) electrons. The molecule has 3 heteroatoms. The molecule has 0 bridgehead atoms. The van der Waals surface area contributed by atoms with Gasteiger partial charge in [0.2, 0.25) is 0 Å².